The van der Waals surface area contributed by atoms with Gasteiger partial charge in [0.1, 0.15) is 28.3 Å². The maximum absolute atomic E-state index is 14.3. The van der Waals surface area contributed by atoms with Crippen molar-refractivity contribution in [1.29, 1.82) is 0 Å². The van der Waals surface area contributed by atoms with Crippen molar-refractivity contribution in [3.05, 3.63) is 83.4 Å². The standard InChI is InChI=1S/C28H26F3NO4/c1-4-34-19-12-13-22-24(15-19)36-26(2,3)17-27(22)21-10-5-6-11-23(21)32(25(27)33)16-18-8-7-9-20(14-18)35-28(29,30)31/h5-15H,4,16-17H2,1-3H3. The van der Waals surface area contributed by atoms with Crippen molar-refractivity contribution >= 4 is 11.6 Å². The van der Waals surface area contributed by atoms with Gasteiger partial charge in [0, 0.05) is 23.7 Å². The monoisotopic (exact) mass is 497 g/mol. The molecule has 2 heterocycles. The van der Waals surface area contributed by atoms with Gasteiger partial charge in [0.25, 0.3) is 0 Å². The molecule has 0 saturated carbocycles. The van der Waals surface area contributed by atoms with Gasteiger partial charge in [-0.25, -0.2) is 0 Å². The molecule has 0 saturated heterocycles. The lowest BCUT2D eigenvalue weighted by molar-refractivity contribution is -0.274. The highest BCUT2D eigenvalue weighted by Crippen LogP contribution is 2.56. The molecule has 5 rings (SSSR count). The third-order valence-electron chi connectivity index (χ3n) is 6.54. The lowest BCUT2D eigenvalue weighted by Gasteiger charge is -2.43. The summed E-state index contributed by atoms with van der Waals surface area (Å²) in [7, 11) is 0. The van der Waals surface area contributed by atoms with E-state index >= 15 is 0 Å². The summed E-state index contributed by atoms with van der Waals surface area (Å²) in [5, 5.41) is 0. The third-order valence-corrected chi connectivity index (χ3v) is 6.54. The minimum Gasteiger partial charge on any atom is -0.494 e. The molecule has 188 valence electrons. The maximum atomic E-state index is 14.3. The van der Waals surface area contributed by atoms with Gasteiger partial charge >= 0.3 is 6.36 Å². The van der Waals surface area contributed by atoms with Gasteiger partial charge in [-0.2, -0.15) is 0 Å². The van der Waals surface area contributed by atoms with Crippen LogP contribution in [0.2, 0.25) is 0 Å². The summed E-state index contributed by atoms with van der Waals surface area (Å²) in [4.78, 5) is 16.0. The fourth-order valence-corrected chi connectivity index (χ4v) is 5.40. The van der Waals surface area contributed by atoms with Gasteiger partial charge in [-0.1, -0.05) is 36.4 Å². The number of halogens is 3. The lowest BCUT2D eigenvalue weighted by Crippen LogP contribution is -2.50. The Hall–Kier alpha value is -3.68. The van der Waals surface area contributed by atoms with Crippen LogP contribution in [0, 0.1) is 0 Å². The summed E-state index contributed by atoms with van der Waals surface area (Å²) in [6.45, 7) is 6.39. The molecular weight excluding hydrogens is 471 g/mol. The van der Waals surface area contributed by atoms with Crippen molar-refractivity contribution in [2.75, 3.05) is 11.5 Å². The average molecular weight is 498 g/mol. The zero-order chi connectivity index (χ0) is 25.7. The zero-order valence-corrected chi connectivity index (χ0v) is 20.2. The van der Waals surface area contributed by atoms with Gasteiger partial charge in [0.05, 0.1) is 13.2 Å². The first-order valence-corrected chi connectivity index (χ1v) is 11.7. The Morgan fingerprint density at radius 3 is 2.50 bits per heavy atom. The van der Waals surface area contributed by atoms with Gasteiger partial charge in [-0.15, -0.1) is 13.2 Å². The lowest BCUT2D eigenvalue weighted by atomic mass is 9.67. The largest absolute Gasteiger partial charge is 0.573 e. The van der Waals surface area contributed by atoms with Crippen molar-refractivity contribution in [3.63, 3.8) is 0 Å². The number of fused-ring (bicyclic) bond motifs is 4. The van der Waals surface area contributed by atoms with Crippen LogP contribution in [0.5, 0.6) is 17.2 Å². The SMILES string of the molecule is CCOc1ccc2c(c1)OC(C)(C)CC21C(=O)N(Cc2cccc(OC(F)(F)F)c2)c2ccccc21. The fraction of sp³-hybridized carbons (Fsp3) is 0.321. The Bertz CT molecular complexity index is 1320. The summed E-state index contributed by atoms with van der Waals surface area (Å²) in [5.74, 6) is 0.771. The summed E-state index contributed by atoms with van der Waals surface area (Å²) in [6, 6.07) is 18.8. The van der Waals surface area contributed by atoms with E-state index in [0.29, 0.717) is 30.1 Å². The maximum Gasteiger partial charge on any atom is 0.573 e. The predicted molar refractivity (Wildman–Crippen MR) is 128 cm³/mol. The molecule has 0 fully saturated rings. The van der Waals surface area contributed by atoms with E-state index in [1.807, 2.05) is 63.2 Å². The molecule has 0 aromatic heterocycles. The molecule has 36 heavy (non-hydrogen) atoms. The normalized spacial score (nSPS) is 20.1. The topological polar surface area (TPSA) is 48.0 Å². The second kappa shape index (κ2) is 8.47. The van der Waals surface area contributed by atoms with Gasteiger partial charge in [-0.05, 0) is 56.2 Å². The number of rotatable bonds is 5. The second-order valence-electron chi connectivity index (χ2n) is 9.64. The molecule has 2 aliphatic heterocycles. The minimum atomic E-state index is -4.80. The van der Waals surface area contributed by atoms with Crippen molar-refractivity contribution in [1.82, 2.24) is 0 Å². The molecule has 3 aromatic carbocycles. The third kappa shape index (κ3) is 4.14. The van der Waals surface area contributed by atoms with Crippen LogP contribution in [0.4, 0.5) is 18.9 Å². The fourth-order valence-electron chi connectivity index (χ4n) is 5.40. The van der Waals surface area contributed by atoms with Crippen LogP contribution < -0.4 is 19.1 Å². The molecule has 8 heteroatoms. The van der Waals surface area contributed by atoms with Crippen LogP contribution in [0.1, 0.15) is 43.9 Å². The Balaban J connectivity index is 1.60. The van der Waals surface area contributed by atoms with E-state index in [2.05, 4.69) is 4.74 Å². The number of carbonyl (C=O) groups is 1. The molecule has 1 atom stereocenters. The van der Waals surface area contributed by atoms with Gasteiger partial charge in [-0.3, -0.25) is 4.79 Å². The molecule has 0 N–H and O–H groups in total. The number of amides is 1. The number of anilines is 1. The Morgan fingerprint density at radius 1 is 0.972 bits per heavy atom. The van der Waals surface area contributed by atoms with E-state index in [-0.39, 0.29) is 18.2 Å². The molecule has 1 amide bonds. The number of para-hydroxylation sites is 1. The molecule has 0 aliphatic carbocycles. The van der Waals surface area contributed by atoms with Gasteiger partial charge in [0.2, 0.25) is 5.91 Å². The first-order valence-electron chi connectivity index (χ1n) is 11.7. The Morgan fingerprint density at radius 2 is 1.75 bits per heavy atom. The summed E-state index contributed by atoms with van der Waals surface area (Å²) in [5.41, 5.74) is 1.19. The van der Waals surface area contributed by atoms with Gasteiger partial charge < -0.3 is 19.1 Å². The quantitative estimate of drug-likeness (QED) is 0.411. The number of ether oxygens (including phenoxy) is 3. The van der Waals surface area contributed by atoms with Crippen molar-refractivity contribution in [3.8, 4) is 17.2 Å². The number of carbonyl (C=O) groups excluding carboxylic acids is 1. The van der Waals surface area contributed by atoms with E-state index in [0.717, 1.165) is 16.8 Å². The molecule has 0 radical (unpaired) electrons. The molecule has 3 aromatic rings. The van der Waals surface area contributed by atoms with E-state index in [1.165, 1.54) is 18.2 Å². The number of hydrogen-bond donors (Lipinski definition) is 0. The number of benzene rings is 3. The van der Waals surface area contributed by atoms with Crippen LogP contribution in [0.25, 0.3) is 0 Å². The summed E-state index contributed by atoms with van der Waals surface area (Å²) >= 11 is 0. The van der Waals surface area contributed by atoms with Crippen LogP contribution in [0.15, 0.2) is 66.7 Å². The smallest absolute Gasteiger partial charge is 0.494 e. The van der Waals surface area contributed by atoms with E-state index in [9.17, 15) is 18.0 Å². The average Bonchev–Trinajstić information content (AvgIpc) is 3.01. The second-order valence-corrected chi connectivity index (χ2v) is 9.64. The summed E-state index contributed by atoms with van der Waals surface area (Å²) in [6.07, 6.45) is -4.39. The van der Waals surface area contributed by atoms with E-state index < -0.39 is 17.4 Å². The van der Waals surface area contributed by atoms with Crippen LogP contribution in [-0.2, 0) is 16.8 Å². The van der Waals surface area contributed by atoms with Crippen molar-refractivity contribution < 1.29 is 32.2 Å². The van der Waals surface area contributed by atoms with Crippen LogP contribution in [0.3, 0.4) is 0 Å². The molecule has 5 nitrogen and oxygen atoms in total. The van der Waals surface area contributed by atoms with Crippen LogP contribution >= 0.6 is 0 Å². The van der Waals surface area contributed by atoms with E-state index in [4.69, 9.17) is 9.47 Å². The molecule has 1 unspecified atom stereocenters. The molecule has 1 spiro atoms. The Kier molecular flexibility index (Phi) is 5.65. The predicted octanol–water partition coefficient (Wildman–Crippen LogP) is 6.38. The van der Waals surface area contributed by atoms with Crippen molar-refractivity contribution in [2.24, 2.45) is 0 Å². The van der Waals surface area contributed by atoms with E-state index in [1.54, 1.807) is 11.0 Å². The summed E-state index contributed by atoms with van der Waals surface area (Å²) < 4.78 is 54.3. The number of alkyl halides is 3. The number of nitrogens with zero attached hydrogens (tertiary/aromatic N) is 1. The van der Waals surface area contributed by atoms with Gasteiger partial charge in [0.15, 0.2) is 0 Å². The number of hydrogen-bond acceptors (Lipinski definition) is 4. The van der Waals surface area contributed by atoms with Crippen LogP contribution in [-0.4, -0.2) is 24.5 Å². The minimum absolute atomic E-state index is 0.0975. The highest BCUT2D eigenvalue weighted by atomic mass is 19.4. The zero-order valence-electron chi connectivity index (χ0n) is 20.2. The Labute approximate surface area is 207 Å². The van der Waals surface area contributed by atoms with Crippen molar-refractivity contribution in [2.45, 2.75) is 51.1 Å². The molecule has 2 aliphatic rings. The highest BCUT2D eigenvalue weighted by molar-refractivity contribution is 6.11. The first-order chi connectivity index (χ1) is 17.0. The molecular formula is C28H26F3NO4. The first kappa shape index (κ1) is 24.0. The highest BCUT2D eigenvalue weighted by Gasteiger charge is 2.58. The molecule has 0 bridgehead atoms.